The third-order valence-corrected chi connectivity index (χ3v) is 5.34. The number of carboxylic acids is 1. The van der Waals surface area contributed by atoms with E-state index in [1.165, 1.54) is 16.0 Å². The zero-order valence-electron chi connectivity index (χ0n) is 12.6. The molecule has 116 valence electrons. The highest BCUT2D eigenvalue weighted by atomic mass is 32.1. The van der Waals surface area contributed by atoms with Gasteiger partial charge in [-0.05, 0) is 61.5 Å². The first-order chi connectivity index (χ1) is 10.7. The van der Waals surface area contributed by atoms with Crippen molar-refractivity contribution < 1.29 is 9.90 Å². The number of piperidine rings is 1. The number of aryl methyl sites for hydroxylation is 1. The minimum atomic E-state index is -0.660. The number of hydrogen-bond acceptors (Lipinski definition) is 4. The number of likely N-dealkylation sites (tertiary alicyclic amines) is 1. The molecule has 5 heteroatoms. The molecular formula is C17H20N2O2S. The van der Waals surface area contributed by atoms with Gasteiger partial charge in [0.2, 0.25) is 0 Å². The van der Waals surface area contributed by atoms with E-state index in [4.69, 9.17) is 0 Å². The van der Waals surface area contributed by atoms with Crippen molar-refractivity contribution in [3.8, 4) is 0 Å². The number of thiophene rings is 1. The van der Waals surface area contributed by atoms with Gasteiger partial charge in [-0.15, -0.1) is 11.3 Å². The van der Waals surface area contributed by atoms with Crippen LogP contribution in [0.5, 0.6) is 0 Å². The second-order valence-corrected chi connectivity index (χ2v) is 6.78. The summed E-state index contributed by atoms with van der Waals surface area (Å²) in [5.41, 5.74) is 2.45. The van der Waals surface area contributed by atoms with Gasteiger partial charge in [0.05, 0.1) is 12.0 Å². The minimum Gasteiger partial charge on any atom is -0.481 e. The number of rotatable bonds is 4. The normalized spacial score (nSPS) is 18.2. The fourth-order valence-electron chi connectivity index (χ4n) is 3.17. The average Bonchev–Trinajstić information content (AvgIpc) is 3.04. The van der Waals surface area contributed by atoms with E-state index in [1.54, 1.807) is 11.3 Å². The third kappa shape index (κ3) is 3.05. The molecule has 0 amide bonds. The maximum absolute atomic E-state index is 11.2. The van der Waals surface area contributed by atoms with Crippen LogP contribution in [0.15, 0.2) is 36.0 Å². The molecule has 1 aliphatic rings. The number of pyridine rings is 1. The van der Waals surface area contributed by atoms with Crippen LogP contribution in [0.25, 0.3) is 0 Å². The molecule has 3 rings (SSSR count). The van der Waals surface area contributed by atoms with Gasteiger partial charge in [0.1, 0.15) is 0 Å². The van der Waals surface area contributed by atoms with Crippen molar-refractivity contribution in [2.75, 3.05) is 13.1 Å². The standard InChI is InChI=1S/C17H20N2O2S/c1-12-11-18-7-4-14(12)16(15-3-2-10-22-15)19-8-5-13(6-9-19)17(20)21/h2-4,7,10-11,13,16H,5-6,8-9H2,1H3,(H,20,21). The Balaban J connectivity index is 1.88. The van der Waals surface area contributed by atoms with Gasteiger partial charge in [0.25, 0.3) is 0 Å². The first kappa shape index (κ1) is 15.2. The predicted octanol–water partition coefficient (Wildman–Crippen LogP) is 3.34. The molecule has 2 aromatic heterocycles. The van der Waals surface area contributed by atoms with Crippen LogP contribution in [0, 0.1) is 12.8 Å². The quantitative estimate of drug-likeness (QED) is 0.940. The molecule has 3 heterocycles. The van der Waals surface area contributed by atoms with E-state index in [1.807, 2.05) is 12.4 Å². The molecule has 4 nitrogen and oxygen atoms in total. The summed E-state index contributed by atoms with van der Waals surface area (Å²) in [5, 5.41) is 11.3. The molecule has 0 aliphatic carbocycles. The fraction of sp³-hybridized carbons (Fsp3) is 0.412. The second-order valence-electron chi connectivity index (χ2n) is 5.80. The lowest BCUT2D eigenvalue weighted by atomic mass is 9.93. The van der Waals surface area contributed by atoms with E-state index in [-0.39, 0.29) is 12.0 Å². The van der Waals surface area contributed by atoms with E-state index < -0.39 is 5.97 Å². The summed E-state index contributed by atoms with van der Waals surface area (Å²) < 4.78 is 0. The van der Waals surface area contributed by atoms with Crippen molar-refractivity contribution in [2.24, 2.45) is 5.92 Å². The summed E-state index contributed by atoms with van der Waals surface area (Å²) in [6, 6.07) is 6.53. The average molecular weight is 316 g/mol. The van der Waals surface area contributed by atoms with Gasteiger partial charge in [-0.1, -0.05) is 6.07 Å². The van der Waals surface area contributed by atoms with E-state index in [0.29, 0.717) is 0 Å². The molecule has 0 bridgehead atoms. The van der Waals surface area contributed by atoms with E-state index in [2.05, 4.69) is 40.4 Å². The summed E-state index contributed by atoms with van der Waals surface area (Å²) >= 11 is 1.76. The smallest absolute Gasteiger partial charge is 0.306 e. The van der Waals surface area contributed by atoms with Crippen LogP contribution in [-0.2, 0) is 4.79 Å². The number of carboxylic acid groups (broad SMARTS) is 1. The molecule has 0 saturated carbocycles. The minimum absolute atomic E-state index is 0.196. The molecule has 1 aliphatic heterocycles. The van der Waals surface area contributed by atoms with Gasteiger partial charge in [-0.25, -0.2) is 0 Å². The maximum atomic E-state index is 11.2. The molecule has 1 fully saturated rings. The number of aliphatic carboxylic acids is 1. The van der Waals surface area contributed by atoms with E-state index in [9.17, 15) is 9.90 Å². The first-order valence-electron chi connectivity index (χ1n) is 7.57. The monoisotopic (exact) mass is 316 g/mol. The molecule has 1 saturated heterocycles. The summed E-state index contributed by atoms with van der Waals surface area (Å²) in [7, 11) is 0. The molecule has 0 aromatic carbocycles. The Labute approximate surface area is 134 Å². The van der Waals surface area contributed by atoms with E-state index in [0.717, 1.165) is 25.9 Å². The molecular weight excluding hydrogens is 296 g/mol. The van der Waals surface area contributed by atoms with Gasteiger partial charge < -0.3 is 5.11 Å². The highest BCUT2D eigenvalue weighted by Gasteiger charge is 2.31. The topological polar surface area (TPSA) is 53.4 Å². The SMILES string of the molecule is Cc1cnccc1C(c1cccs1)N1CCC(C(=O)O)CC1. The molecule has 1 atom stereocenters. The summed E-state index contributed by atoms with van der Waals surface area (Å²) in [6.45, 7) is 3.73. The lowest BCUT2D eigenvalue weighted by Gasteiger charge is -2.36. The number of nitrogens with zero attached hydrogens (tertiary/aromatic N) is 2. The number of aromatic nitrogens is 1. The molecule has 1 N–H and O–H groups in total. The van der Waals surface area contributed by atoms with Gasteiger partial charge in [0, 0.05) is 17.3 Å². The van der Waals surface area contributed by atoms with Crippen LogP contribution < -0.4 is 0 Å². The van der Waals surface area contributed by atoms with Crippen molar-refractivity contribution in [3.63, 3.8) is 0 Å². The summed E-state index contributed by atoms with van der Waals surface area (Å²) in [5.74, 6) is -0.855. The Hall–Kier alpha value is -1.72. The van der Waals surface area contributed by atoms with Crippen LogP contribution in [0.3, 0.4) is 0 Å². The molecule has 0 spiro atoms. The van der Waals surface area contributed by atoms with Gasteiger partial charge in [-0.3, -0.25) is 14.7 Å². The third-order valence-electron chi connectivity index (χ3n) is 4.41. The summed E-state index contributed by atoms with van der Waals surface area (Å²) in [4.78, 5) is 19.1. The predicted molar refractivity (Wildman–Crippen MR) is 87.1 cm³/mol. The Morgan fingerprint density at radius 3 is 2.77 bits per heavy atom. The van der Waals surface area contributed by atoms with Crippen LogP contribution in [0.2, 0.25) is 0 Å². The Bertz CT molecular complexity index is 634. The lowest BCUT2D eigenvalue weighted by Crippen LogP contribution is -2.39. The van der Waals surface area contributed by atoms with Crippen LogP contribution >= 0.6 is 11.3 Å². The zero-order valence-corrected chi connectivity index (χ0v) is 13.4. The second kappa shape index (κ2) is 6.58. The Kier molecular flexibility index (Phi) is 4.55. The van der Waals surface area contributed by atoms with Crippen LogP contribution in [-0.4, -0.2) is 34.0 Å². The zero-order chi connectivity index (χ0) is 15.5. The fourth-order valence-corrected chi connectivity index (χ4v) is 4.05. The molecule has 1 unspecified atom stereocenters. The molecule has 2 aromatic rings. The summed E-state index contributed by atoms with van der Waals surface area (Å²) in [6.07, 6.45) is 5.19. The lowest BCUT2D eigenvalue weighted by molar-refractivity contribution is -0.143. The Morgan fingerprint density at radius 2 is 2.18 bits per heavy atom. The van der Waals surface area contributed by atoms with Crippen molar-refractivity contribution in [1.29, 1.82) is 0 Å². The number of carbonyl (C=O) groups is 1. The van der Waals surface area contributed by atoms with Crippen molar-refractivity contribution in [2.45, 2.75) is 25.8 Å². The highest BCUT2D eigenvalue weighted by molar-refractivity contribution is 7.10. The Morgan fingerprint density at radius 1 is 1.41 bits per heavy atom. The molecule has 0 radical (unpaired) electrons. The van der Waals surface area contributed by atoms with Gasteiger partial charge in [-0.2, -0.15) is 0 Å². The van der Waals surface area contributed by atoms with Crippen LogP contribution in [0.1, 0.15) is 34.9 Å². The first-order valence-corrected chi connectivity index (χ1v) is 8.45. The van der Waals surface area contributed by atoms with Gasteiger partial charge >= 0.3 is 5.97 Å². The highest BCUT2D eigenvalue weighted by Crippen LogP contribution is 2.35. The van der Waals surface area contributed by atoms with Gasteiger partial charge in [0.15, 0.2) is 0 Å². The van der Waals surface area contributed by atoms with Crippen molar-refractivity contribution in [3.05, 3.63) is 52.0 Å². The van der Waals surface area contributed by atoms with E-state index >= 15 is 0 Å². The molecule has 22 heavy (non-hydrogen) atoms. The largest absolute Gasteiger partial charge is 0.481 e. The van der Waals surface area contributed by atoms with Crippen LogP contribution in [0.4, 0.5) is 0 Å². The van der Waals surface area contributed by atoms with Crippen molar-refractivity contribution in [1.82, 2.24) is 9.88 Å². The van der Waals surface area contributed by atoms with Crippen molar-refractivity contribution >= 4 is 17.3 Å². The number of hydrogen-bond donors (Lipinski definition) is 1. The maximum Gasteiger partial charge on any atom is 0.306 e.